The summed E-state index contributed by atoms with van der Waals surface area (Å²) in [5.41, 5.74) is 1.06. The normalized spacial score (nSPS) is 15.8. The number of hydrogen-bond acceptors (Lipinski definition) is 3. The SMILES string of the molecule is CN(CCCNC(=O)C1(c2ccc(Br)cc2)CCOCC1)c1ccccc1F. The Kier molecular flexibility index (Phi) is 7.08. The van der Waals surface area contributed by atoms with Crippen molar-refractivity contribution in [2.24, 2.45) is 0 Å². The van der Waals surface area contributed by atoms with Gasteiger partial charge in [0, 0.05) is 37.8 Å². The molecule has 0 aliphatic carbocycles. The highest BCUT2D eigenvalue weighted by atomic mass is 79.9. The van der Waals surface area contributed by atoms with Gasteiger partial charge < -0.3 is 15.0 Å². The summed E-state index contributed by atoms with van der Waals surface area (Å²) in [4.78, 5) is 15.0. The molecule has 2 aromatic carbocycles. The molecule has 150 valence electrons. The van der Waals surface area contributed by atoms with Crippen LogP contribution >= 0.6 is 15.9 Å². The van der Waals surface area contributed by atoms with Crippen LogP contribution in [-0.4, -0.2) is 39.3 Å². The maximum atomic E-state index is 13.9. The van der Waals surface area contributed by atoms with E-state index in [4.69, 9.17) is 4.74 Å². The molecule has 1 amide bonds. The average molecular weight is 449 g/mol. The van der Waals surface area contributed by atoms with Crippen molar-refractivity contribution in [3.63, 3.8) is 0 Å². The van der Waals surface area contributed by atoms with Gasteiger partial charge in [-0.15, -0.1) is 0 Å². The average Bonchev–Trinajstić information content (AvgIpc) is 2.72. The predicted octanol–water partition coefficient (Wildman–Crippen LogP) is 4.28. The molecule has 1 aliphatic heterocycles. The molecule has 1 fully saturated rings. The highest BCUT2D eigenvalue weighted by Crippen LogP contribution is 2.35. The molecule has 1 aliphatic rings. The zero-order valence-electron chi connectivity index (χ0n) is 16.1. The lowest BCUT2D eigenvalue weighted by molar-refractivity contribution is -0.130. The van der Waals surface area contributed by atoms with Crippen LogP contribution < -0.4 is 10.2 Å². The van der Waals surface area contributed by atoms with Crippen LogP contribution in [0, 0.1) is 5.82 Å². The second-order valence-electron chi connectivity index (χ2n) is 7.18. The Labute approximate surface area is 174 Å². The summed E-state index contributed by atoms with van der Waals surface area (Å²) in [5, 5.41) is 3.10. The van der Waals surface area contributed by atoms with Crippen LogP contribution in [0.3, 0.4) is 0 Å². The highest BCUT2D eigenvalue weighted by Gasteiger charge is 2.41. The largest absolute Gasteiger partial charge is 0.381 e. The molecular weight excluding hydrogens is 423 g/mol. The van der Waals surface area contributed by atoms with Crippen molar-refractivity contribution >= 4 is 27.5 Å². The smallest absolute Gasteiger partial charge is 0.230 e. The molecule has 0 bridgehead atoms. The number of nitrogens with one attached hydrogen (secondary N) is 1. The summed E-state index contributed by atoms with van der Waals surface area (Å²) in [5.74, 6) is -0.183. The number of carbonyl (C=O) groups is 1. The minimum Gasteiger partial charge on any atom is -0.381 e. The number of benzene rings is 2. The lowest BCUT2D eigenvalue weighted by Gasteiger charge is -2.36. The second-order valence-corrected chi connectivity index (χ2v) is 8.10. The fourth-order valence-corrected chi connectivity index (χ4v) is 3.97. The number of ether oxygens (including phenoxy) is 1. The fraction of sp³-hybridized carbons (Fsp3) is 0.409. The lowest BCUT2D eigenvalue weighted by atomic mass is 9.73. The van der Waals surface area contributed by atoms with Crippen LogP contribution in [0.1, 0.15) is 24.8 Å². The first kappa shape index (κ1) is 20.8. The first-order valence-electron chi connectivity index (χ1n) is 9.61. The molecule has 0 saturated carbocycles. The lowest BCUT2D eigenvalue weighted by Crippen LogP contribution is -2.48. The number of nitrogens with zero attached hydrogens (tertiary/aromatic N) is 1. The number of amides is 1. The van der Waals surface area contributed by atoms with Gasteiger partial charge in [0.25, 0.3) is 0 Å². The molecule has 1 saturated heterocycles. The molecule has 0 atom stereocenters. The van der Waals surface area contributed by atoms with Gasteiger partial charge >= 0.3 is 0 Å². The summed E-state index contributed by atoms with van der Waals surface area (Å²) in [6.45, 7) is 2.38. The Balaban J connectivity index is 1.58. The molecule has 28 heavy (non-hydrogen) atoms. The van der Waals surface area contributed by atoms with E-state index in [1.165, 1.54) is 6.07 Å². The van der Waals surface area contributed by atoms with Crippen molar-refractivity contribution in [1.82, 2.24) is 5.32 Å². The Morgan fingerprint density at radius 2 is 1.86 bits per heavy atom. The van der Waals surface area contributed by atoms with Gasteiger partial charge in [0.2, 0.25) is 5.91 Å². The summed E-state index contributed by atoms with van der Waals surface area (Å²) in [6, 6.07) is 14.7. The topological polar surface area (TPSA) is 41.6 Å². The zero-order valence-corrected chi connectivity index (χ0v) is 17.7. The first-order chi connectivity index (χ1) is 13.5. The molecule has 1 N–H and O–H groups in total. The summed E-state index contributed by atoms with van der Waals surface area (Å²) < 4.78 is 20.4. The predicted molar refractivity (Wildman–Crippen MR) is 113 cm³/mol. The third-order valence-electron chi connectivity index (χ3n) is 5.40. The summed E-state index contributed by atoms with van der Waals surface area (Å²) in [7, 11) is 1.86. The molecule has 0 aromatic heterocycles. The minimum atomic E-state index is -0.545. The molecule has 0 spiro atoms. The van der Waals surface area contributed by atoms with Crippen LogP contribution in [0.4, 0.5) is 10.1 Å². The summed E-state index contributed by atoms with van der Waals surface area (Å²) in [6.07, 6.45) is 2.09. The number of carbonyl (C=O) groups excluding carboxylic acids is 1. The van der Waals surface area contributed by atoms with Gasteiger partial charge in [0.1, 0.15) is 5.82 Å². The molecule has 4 nitrogen and oxygen atoms in total. The number of hydrogen-bond donors (Lipinski definition) is 1. The Bertz CT molecular complexity index is 791. The standard InChI is InChI=1S/C22H26BrFN2O2/c1-26(20-6-3-2-5-19(20)24)14-4-13-25-21(27)22(11-15-28-16-12-22)17-7-9-18(23)10-8-17/h2-3,5-10H,4,11-16H2,1H3,(H,25,27). The van der Waals surface area contributed by atoms with Crippen LogP contribution in [0.25, 0.3) is 0 Å². The first-order valence-corrected chi connectivity index (χ1v) is 10.4. The molecule has 1 heterocycles. The van der Waals surface area contributed by atoms with E-state index in [9.17, 15) is 9.18 Å². The van der Waals surface area contributed by atoms with Gasteiger partial charge in [-0.05, 0) is 49.1 Å². The van der Waals surface area contributed by atoms with Crippen LogP contribution in [0.15, 0.2) is 53.0 Å². The van der Waals surface area contributed by atoms with Crippen LogP contribution in [0.5, 0.6) is 0 Å². The van der Waals surface area contributed by atoms with E-state index in [1.807, 2.05) is 42.3 Å². The third kappa shape index (κ3) is 4.73. The molecule has 0 unspecified atom stereocenters. The maximum absolute atomic E-state index is 13.9. The number of rotatable bonds is 7. The van der Waals surface area contributed by atoms with Gasteiger partial charge in [0.05, 0.1) is 11.1 Å². The Hall–Kier alpha value is -1.92. The quantitative estimate of drug-likeness (QED) is 0.642. The van der Waals surface area contributed by atoms with Crippen molar-refractivity contribution in [3.05, 3.63) is 64.4 Å². The van der Waals surface area contributed by atoms with E-state index in [-0.39, 0.29) is 11.7 Å². The van der Waals surface area contributed by atoms with E-state index in [1.54, 1.807) is 12.1 Å². The molecule has 3 rings (SSSR count). The molecule has 6 heteroatoms. The maximum Gasteiger partial charge on any atom is 0.230 e. The van der Waals surface area contributed by atoms with E-state index < -0.39 is 5.41 Å². The van der Waals surface area contributed by atoms with Crippen LogP contribution in [-0.2, 0) is 14.9 Å². The highest BCUT2D eigenvalue weighted by molar-refractivity contribution is 9.10. The van der Waals surface area contributed by atoms with Gasteiger partial charge in [-0.1, -0.05) is 40.2 Å². The van der Waals surface area contributed by atoms with Crippen molar-refractivity contribution in [3.8, 4) is 0 Å². The Morgan fingerprint density at radius 3 is 2.54 bits per heavy atom. The van der Waals surface area contributed by atoms with Gasteiger partial charge in [-0.3, -0.25) is 4.79 Å². The molecular formula is C22H26BrFN2O2. The van der Waals surface area contributed by atoms with Crippen molar-refractivity contribution in [1.29, 1.82) is 0 Å². The van der Waals surface area contributed by atoms with E-state index >= 15 is 0 Å². The van der Waals surface area contributed by atoms with Crippen LogP contribution in [0.2, 0.25) is 0 Å². The number of anilines is 1. The van der Waals surface area contributed by atoms with E-state index in [2.05, 4.69) is 21.2 Å². The number of halogens is 2. The zero-order chi connectivity index (χ0) is 20.0. The summed E-state index contributed by atoms with van der Waals surface area (Å²) >= 11 is 3.46. The molecule has 2 aromatic rings. The van der Waals surface area contributed by atoms with Crippen molar-refractivity contribution < 1.29 is 13.9 Å². The van der Waals surface area contributed by atoms with Crippen molar-refractivity contribution in [2.75, 3.05) is 38.3 Å². The van der Waals surface area contributed by atoms with E-state index in [0.717, 1.165) is 16.5 Å². The minimum absolute atomic E-state index is 0.0478. The van der Waals surface area contributed by atoms with Gasteiger partial charge in [-0.25, -0.2) is 4.39 Å². The second kappa shape index (κ2) is 9.52. The fourth-order valence-electron chi connectivity index (χ4n) is 3.70. The van der Waals surface area contributed by atoms with Gasteiger partial charge in [0.15, 0.2) is 0 Å². The monoisotopic (exact) mass is 448 g/mol. The van der Waals surface area contributed by atoms with Crippen molar-refractivity contribution in [2.45, 2.75) is 24.7 Å². The van der Waals surface area contributed by atoms with Gasteiger partial charge in [-0.2, -0.15) is 0 Å². The molecule has 0 radical (unpaired) electrons. The Morgan fingerprint density at radius 1 is 1.18 bits per heavy atom. The third-order valence-corrected chi connectivity index (χ3v) is 5.93. The van der Waals surface area contributed by atoms with E-state index in [0.29, 0.717) is 44.8 Å². The number of para-hydroxylation sites is 1.